The van der Waals surface area contributed by atoms with E-state index >= 15 is 0 Å². The summed E-state index contributed by atoms with van der Waals surface area (Å²) in [7, 11) is -3.41. The number of carbonyl (C=O) groups excluding carboxylic acids is 1. The number of hydrogen-bond acceptors (Lipinski definition) is 7. The number of nitrogens with zero attached hydrogens (tertiary/aromatic N) is 2. The van der Waals surface area contributed by atoms with E-state index in [4.69, 9.17) is 4.74 Å². The molecular formula is C19H17F3N2O4S3. The van der Waals surface area contributed by atoms with Gasteiger partial charge in [-0.25, -0.2) is 8.42 Å². The summed E-state index contributed by atoms with van der Waals surface area (Å²) in [5, 5.41) is 3.55. The van der Waals surface area contributed by atoms with Gasteiger partial charge in [-0.3, -0.25) is 9.48 Å². The zero-order chi connectivity index (χ0) is 22.8. The second-order valence-electron chi connectivity index (χ2n) is 6.46. The summed E-state index contributed by atoms with van der Waals surface area (Å²) in [4.78, 5) is 13.2. The Bertz CT molecular complexity index is 1200. The van der Waals surface area contributed by atoms with Gasteiger partial charge in [-0.2, -0.15) is 18.3 Å². The van der Waals surface area contributed by atoms with Gasteiger partial charge in [-0.05, 0) is 42.2 Å². The van der Waals surface area contributed by atoms with Crippen LogP contribution >= 0.6 is 23.1 Å². The van der Waals surface area contributed by atoms with Gasteiger partial charge in [0.2, 0.25) is 0 Å². The van der Waals surface area contributed by atoms with E-state index in [0.29, 0.717) is 15.3 Å². The highest BCUT2D eigenvalue weighted by Crippen LogP contribution is 2.38. The fourth-order valence-corrected chi connectivity index (χ4v) is 4.62. The fourth-order valence-electron chi connectivity index (χ4n) is 2.68. The van der Waals surface area contributed by atoms with Crippen LogP contribution in [0, 0.1) is 0 Å². The monoisotopic (exact) mass is 490 g/mol. The normalized spacial score (nSPS) is 12.2. The number of hydrogen-bond donors (Lipinski definition) is 0. The van der Waals surface area contributed by atoms with Crippen molar-refractivity contribution in [3.05, 3.63) is 48.2 Å². The molecule has 0 atom stereocenters. The lowest BCUT2D eigenvalue weighted by Crippen LogP contribution is -2.16. The maximum absolute atomic E-state index is 13.2. The van der Waals surface area contributed by atoms with E-state index in [-0.39, 0.29) is 16.5 Å². The molecule has 0 radical (unpaired) electrons. The fraction of sp³-hybridized carbons (Fsp3) is 0.263. The lowest BCUT2D eigenvalue weighted by Gasteiger charge is -2.06. The second-order valence-corrected chi connectivity index (χ2v) is 10.4. The van der Waals surface area contributed by atoms with Gasteiger partial charge in [0.1, 0.15) is 12.5 Å². The van der Waals surface area contributed by atoms with E-state index in [0.717, 1.165) is 28.3 Å². The molecule has 166 valence electrons. The molecule has 31 heavy (non-hydrogen) atoms. The number of halogens is 3. The van der Waals surface area contributed by atoms with E-state index in [1.54, 1.807) is 30.5 Å². The third-order valence-corrected chi connectivity index (χ3v) is 6.71. The maximum Gasteiger partial charge on any atom is 0.435 e. The van der Waals surface area contributed by atoms with Gasteiger partial charge < -0.3 is 4.74 Å². The average molecular weight is 491 g/mol. The highest BCUT2D eigenvalue weighted by Gasteiger charge is 2.35. The van der Waals surface area contributed by atoms with Crippen molar-refractivity contribution in [1.82, 2.24) is 9.78 Å². The molecule has 0 spiro atoms. The van der Waals surface area contributed by atoms with E-state index in [9.17, 15) is 26.4 Å². The van der Waals surface area contributed by atoms with E-state index in [1.165, 1.54) is 23.9 Å². The van der Waals surface area contributed by atoms with Gasteiger partial charge >= 0.3 is 12.1 Å². The van der Waals surface area contributed by atoms with Crippen molar-refractivity contribution in [2.75, 3.05) is 18.5 Å². The molecule has 0 saturated heterocycles. The van der Waals surface area contributed by atoms with Crippen molar-refractivity contribution in [2.45, 2.75) is 17.6 Å². The molecule has 0 aliphatic rings. The van der Waals surface area contributed by atoms with Crippen molar-refractivity contribution in [1.29, 1.82) is 0 Å². The Morgan fingerprint density at radius 1 is 1.19 bits per heavy atom. The van der Waals surface area contributed by atoms with Crippen LogP contribution in [0.5, 0.6) is 0 Å². The topological polar surface area (TPSA) is 78.3 Å². The smallest absolute Gasteiger partial charge is 0.435 e. The minimum absolute atomic E-state index is 0.0847. The molecule has 0 amide bonds. The third-order valence-electron chi connectivity index (χ3n) is 4.09. The number of thiophene rings is 1. The first-order chi connectivity index (χ1) is 14.5. The Morgan fingerprint density at radius 3 is 2.55 bits per heavy atom. The van der Waals surface area contributed by atoms with Crippen molar-refractivity contribution >= 4 is 38.9 Å². The van der Waals surface area contributed by atoms with Crippen LogP contribution in [-0.2, 0) is 32.1 Å². The number of rotatable bonds is 7. The number of esters is 1. The number of alkyl halides is 3. The Hall–Kier alpha value is -2.31. The first kappa shape index (κ1) is 23.4. The summed E-state index contributed by atoms with van der Waals surface area (Å²) in [5.41, 5.74) is -0.390. The Morgan fingerprint density at radius 2 is 1.90 bits per heavy atom. The number of thioether (sulfide) groups is 1. The zero-order valence-corrected chi connectivity index (χ0v) is 18.8. The van der Waals surface area contributed by atoms with Crippen LogP contribution < -0.4 is 0 Å². The van der Waals surface area contributed by atoms with E-state index < -0.39 is 34.2 Å². The molecule has 1 aromatic carbocycles. The zero-order valence-electron chi connectivity index (χ0n) is 16.3. The molecule has 0 fully saturated rings. The first-order valence-corrected chi connectivity index (χ1v) is 12.8. The number of sulfone groups is 1. The van der Waals surface area contributed by atoms with Crippen molar-refractivity contribution in [3.8, 4) is 21.0 Å². The van der Waals surface area contributed by atoms with Gasteiger partial charge in [-0.15, -0.1) is 23.1 Å². The summed E-state index contributed by atoms with van der Waals surface area (Å²) < 4.78 is 69.1. The third kappa shape index (κ3) is 5.69. The molecule has 2 aromatic heterocycles. The minimum Gasteiger partial charge on any atom is -0.453 e. The molecule has 0 aliphatic carbocycles. The number of aromatic nitrogens is 2. The van der Waals surface area contributed by atoms with Gasteiger partial charge in [0.05, 0.1) is 15.5 Å². The molecule has 3 rings (SSSR count). The predicted molar refractivity (Wildman–Crippen MR) is 114 cm³/mol. The predicted octanol–water partition coefficient (Wildman–Crippen LogP) is 4.56. The SMILES string of the molecule is CSCOC(=O)Cn1nc(C(F)(F)F)cc1-c1ccc(-c2cccc(S(C)(=O)=O)c2)s1. The van der Waals surface area contributed by atoms with Crippen LogP contribution in [-0.4, -0.2) is 42.6 Å². The molecule has 0 unspecified atom stereocenters. The Labute approximate surface area is 185 Å². The first-order valence-electron chi connectivity index (χ1n) is 8.69. The summed E-state index contributed by atoms with van der Waals surface area (Å²) in [6, 6.07) is 10.4. The van der Waals surface area contributed by atoms with Crippen LogP contribution in [0.4, 0.5) is 13.2 Å². The maximum atomic E-state index is 13.2. The lowest BCUT2D eigenvalue weighted by atomic mass is 10.2. The largest absolute Gasteiger partial charge is 0.453 e. The average Bonchev–Trinajstić information content (AvgIpc) is 3.32. The van der Waals surface area contributed by atoms with Gasteiger partial charge in [0.15, 0.2) is 15.5 Å². The molecule has 0 N–H and O–H groups in total. The molecule has 6 nitrogen and oxygen atoms in total. The standard InChI is InChI=1S/C19H17F3N2O4S3/c1-29-11-28-18(25)10-24-14(9-17(23-24)19(20,21)22)16-7-6-15(30-16)12-4-3-5-13(8-12)31(2,26)27/h3-9H,10-11H2,1-2H3. The van der Waals surface area contributed by atoms with Crippen molar-refractivity contribution in [3.63, 3.8) is 0 Å². The van der Waals surface area contributed by atoms with Crippen LogP contribution in [0.15, 0.2) is 47.4 Å². The van der Waals surface area contributed by atoms with E-state index in [1.807, 2.05) is 0 Å². The Balaban J connectivity index is 1.99. The van der Waals surface area contributed by atoms with E-state index in [2.05, 4.69) is 5.10 Å². The van der Waals surface area contributed by atoms with Crippen LogP contribution in [0.1, 0.15) is 5.69 Å². The molecule has 0 aliphatic heterocycles. The number of ether oxygens (including phenoxy) is 1. The molecule has 12 heteroatoms. The van der Waals surface area contributed by atoms with Gasteiger partial charge in [-0.1, -0.05) is 12.1 Å². The summed E-state index contributed by atoms with van der Waals surface area (Å²) in [6.07, 6.45) is -1.85. The highest BCUT2D eigenvalue weighted by molar-refractivity contribution is 7.98. The molecule has 0 saturated carbocycles. The highest BCUT2D eigenvalue weighted by atomic mass is 32.2. The molecule has 0 bridgehead atoms. The minimum atomic E-state index is -4.67. The molecular weight excluding hydrogens is 473 g/mol. The Kier molecular flexibility index (Phi) is 6.82. The number of carbonyl (C=O) groups is 1. The molecule has 2 heterocycles. The summed E-state index contributed by atoms with van der Waals surface area (Å²) in [5.74, 6) is -0.619. The van der Waals surface area contributed by atoms with Crippen LogP contribution in [0.3, 0.4) is 0 Å². The van der Waals surface area contributed by atoms with Crippen molar-refractivity contribution < 1.29 is 31.1 Å². The van der Waals surface area contributed by atoms with Crippen molar-refractivity contribution in [2.24, 2.45) is 0 Å². The summed E-state index contributed by atoms with van der Waals surface area (Å²) in [6.45, 7) is -0.469. The lowest BCUT2D eigenvalue weighted by molar-refractivity contribution is -0.144. The quantitative estimate of drug-likeness (QED) is 0.357. The summed E-state index contributed by atoms with van der Waals surface area (Å²) >= 11 is 2.42. The second kappa shape index (κ2) is 9.05. The number of benzene rings is 1. The van der Waals surface area contributed by atoms with Crippen LogP contribution in [0.25, 0.3) is 21.0 Å². The van der Waals surface area contributed by atoms with Crippen LogP contribution in [0.2, 0.25) is 0 Å². The molecule has 3 aromatic rings. The van der Waals surface area contributed by atoms with Gasteiger partial charge in [0, 0.05) is 11.1 Å². The van der Waals surface area contributed by atoms with Gasteiger partial charge in [0.25, 0.3) is 0 Å².